The van der Waals surface area contributed by atoms with Crippen LogP contribution in [0.1, 0.15) is 53.0 Å². The topological polar surface area (TPSA) is 63.2 Å². The zero-order valence-electron chi connectivity index (χ0n) is 22.0. The zero-order chi connectivity index (χ0) is 25.1. The van der Waals surface area contributed by atoms with Crippen LogP contribution >= 0.6 is 0 Å². The van der Waals surface area contributed by atoms with E-state index in [0.717, 1.165) is 11.3 Å². The number of carbonyl (C=O) groups excluding carboxylic acids is 1. The maximum absolute atomic E-state index is 11.9. The van der Waals surface area contributed by atoms with E-state index in [0.29, 0.717) is 38.2 Å². The first-order valence-electron chi connectivity index (χ1n) is 11.7. The molecule has 0 radical (unpaired) electrons. The van der Waals surface area contributed by atoms with Crippen LogP contribution in [-0.4, -0.2) is 53.9 Å². The summed E-state index contributed by atoms with van der Waals surface area (Å²) in [5.41, 5.74) is 1.66. The standard InChI is InChI=1S/C26H44O6Si/c1-10-30-25(27)20(2)11-14-23(29-7)17-24(19-32-33(8,9)26(3,4)5)31-18-21-12-15-22(28-6)16-13-21/h11-13,15-16,23-24H,10,14,17-19H2,1-9H3/b20-11-/t23-,24-/m0/s1. The van der Waals surface area contributed by atoms with E-state index >= 15 is 0 Å². The van der Waals surface area contributed by atoms with Gasteiger partial charge in [0.2, 0.25) is 0 Å². The molecule has 0 spiro atoms. The van der Waals surface area contributed by atoms with E-state index < -0.39 is 8.32 Å². The Labute approximate surface area is 201 Å². The Morgan fingerprint density at radius 2 is 1.73 bits per heavy atom. The molecule has 2 atom stereocenters. The maximum Gasteiger partial charge on any atom is 0.333 e. The molecule has 0 N–H and O–H groups in total. The number of ether oxygens (including phenoxy) is 4. The first kappa shape index (κ1) is 29.4. The van der Waals surface area contributed by atoms with Crippen molar-refractivity contribution >= 4 is 14.3 Å². The van der Waals surface area contributed by atoms with Crippen LogP contribution in [0.15, 0.2) is 35.9 Å². The van der Waals surface area contributed by atoms with Gasteiger partial charge in [0, 0.05) is 19.1 Å². The highest BCUT2D eigenvalue weighted by Crippen LogP contribution is 2.36. The Balaban J connectivity index is 2.87. The smallest absolute Gasteiger partial charge is 0.333 e. The molecule has 0 aromatic heterocycles. The molecule has 0 aliphatic heterocycles. The third kappa shape index (κ3) is 10.4. The average Bonchev–Trinajstić information content (AvgIpc) is 2.77. The number of methoxy groups -OCH3 is 2. The summed E-state index contributed by atoms with van der Waals surface area (Å²) in [6.07, 6.45) is 2.90. The van der Waals surface area contributed by atoms with Crippen LogP contribution in [0.3, 0.4) is 0 Å². The molecular formula is C26H44O6Si. The zero-order valence-corrected chi connectivity index (χ0v) is 23.0. The van der Waals surface area contributed by atoms with E-state index in [1.807, 2.05) is 30.3 Å². The van der Waals surface area contributed by atoms with Crippen molar-refractivity contribution in [2.45, 2.75) is 84.4 Å². The average molecular weight is 481 g/mol. The maximum atomic E-state index is 11.9. The predicted octanol–water partition coefficient (Wildman–Crippen LogP) is 5.91. The van der Waals surface area contributed by atoms with Crippen LogP contribution in [0.2, 0.25) is 18.1 Å². The van der Waals surface area contributed by atoms with E-state index in [9.17, 15) is 4.79 Å². The van der Waals surface area contributed by atoms with Gasteiger partial charge in [-0.15, -0.1) is 0 Å². The fraction of sp³-hybridized carbons (Fsp3) is 0.654. The van der Waals surface area contributed by atoms with Crippen molar-refractivity contribution in [2.24, 2.45) is 0 Å². The fourth-order valence-electron chi connectivity index (χ4n) is 2.86. The van der Waals surface area contributed by atoms with Crippen molar-refractivity contribution in [3.05, 3.63) is 41.5 Å². The summed E-state index contributed by atoms with van der Waals surface area (Å²) >= 11 is 0. The molecule has 0 aliphatic carbocycles. The third-order valence-corrected chi connectivity index (χ3v) is 10.7. The fourth-order valence-corrected chi connectivity index (χ4v) is 3.89. The lowest BCUT2D eigenvalue weighted by Gasteiger charge is -2.37. The highest BCUT2D eigenvalue weighted by molar-refractivity contribution is 6.74. The van der Waals surface area contributed by atoms with Gasteiger partial charge in [-0.2, -0.15) is 0 Å². The molecule has 1 aromatic rings. The molecule has 6 nitrogen and oxygen atoms in total. The Hall–Kier alpha value is -1.67. The van der Waals surface area contributed by atoms with Gasteiger partial charge < -0.3 is 23.4 Å². The molecule has 0 saturated heterocycles. The van der Waals surface area contributed by atoms with Crippen molar-refractivity contribution in [3.8, 4) is 5.75 Å². The minimum Gasteiger partial charge on any atom is -0.497 e. The number of esters is 1. The molecule has 7 heteroatoms. The van der Waals surface area contributed by atoms with Crippen molar-refractivity contribution in [1.29, 1.82) is 0 Å². The van der Waals surface area contributed by atoms with Crippen LogP contribution in [0.25, 0.3) is 0 Å². The number of rotatable bonds is 14. The predicted molar refractivity (Wildman–Crippen MR) is 135 cm³/mol. The normalized spacial score (nSPS) is 14.6. The molecule has 0 heterocycles. The highest BCUT2D eigenvalue weighted by Gasteiger charge is 2.37. The number of hydrogen-bond acceptors (Lipinski definition) is 6. The van der Waals surface area contributed by atoms with Crippen LogP contribution in [0.5, 0.6) is 5.75 Å². The monoisotopic (exact) mass is 480 g/mol. The summed E-state index contributed by atoms with van der Waals surface area (Å²) in [5.74, 6) is 0.528. The van der Waals surface area contributed by atoms with Gasteiger partial charge in [-0.1, -0.05) is 39.0 Å². The lowest BCUT2D eigenvalue weighted by atomic mass is 10.1. The van der Waals surface area contributed by atoms with Gasteiger partial charge >= 0.3 is 5.97 Å². The molecular weight excluding hydrogens is 436 g/mol. The van der Waals surface area contributed by atoms with Gasteiger partial charge in [0.15, 0.2) is 8.32 Å². The lowest BCUT2D eigenvalue weighted by molar-refractivity contribution is -0.138. The molecule has 0 amide bonds. The van der Waals surface area contributed by atoms with E-state index in [-0.39, 0.29) is 23.2 Å². The highest BCUT2D eigenvalue weighted by atomic mass is 28.4. The van der Waals surface area contributed by atoms with E-state index in [1.54, 1.807) is 28.1 Å². The minimum absolute atomic E-state index is 0.0988. The quantitative estimate of drug-likeness (QED) is 0.187. The van der Waals surface area contributed by atoms with Crippen LogP contribution in [-0.2, 0) is 30.0 Å². The molecule has 1 aromatic carbocycles. The van der Waals surface area contributed by atoms with Crippen LogP contribution in [0.4, 0.5) is 0 Å². The Morgan fingerprint density at radius 3 is 2.24 bits per heavy atom. The van der Waals surface area contributed by atoms with E-state index in [4.69, 9.17) is 23.4 Å². The second-order valence-corrected chi connectivity index (χ2v) is 14.6. The third-order valence-electron chi connectivity index (χ3n) is 6.22. The summed E-state index contributed by atoms with van der Waals surface area (Å²) in [7, 11) is 1.42. The summed E-state index contributed by atoms with van der Waals surface area (Å²) in [6, 6.07) is 7.87. The van der Waals surface area contributed by atoms with Crippen molar-refractivity contribution in [3.63, 3.8) is 0 Å². The van der Waals surface area contributed by atoms with Gasteiger partial charge in [-0.05, 0) is 56.1 Å². The summed E-state index contributed by atoms with van der Waals surface area (Å²) in [6.45, 7) is 16.1. The second kappa shape index (κ2) is 13.9. The van der Waals surface area contributed by atoms with Gasteiger partial charge in [-0.25, -0.2) is 4.79 Å². The van der Waals surface area contributed by atoms with Crippen molar-refractivity contribution in [1.82, 2.24) is 0 Å². The molecule has 33 heavy (non-hydrogen) atoms. The Kier molecular flexibility index (Phi) is 12.4. The first-order chi connectivity index (χ1) is 15.4. The van der Waals surface area contributed by atoms with Gasteiger partial charge in [0.1, 0.15) is 5.75 Å². The van der Waals surface area contributed by atoms with Gasteiger partial charge in [-0.3, -0.25) is 0 Å². The summed E-state index contributed by atoms with van der Waals surface area (Å²) < 4.78 is 28.8. The molecule has 0 unspecified atom stereocenters. The minimum atomic E-state index is -1.92. The van der Waals surface area contributed by atoms with Crippen molar-refractivity contribution in [2.75, 3.05) is 27.4 Å². The number of carbonyl (C=O) groups is 1. The SMILES string of the molecule is CCOC(=O)/C(C)=C\C[C@@H](C[C@@H](CO[Si](C)(C)C(C)(C)C)OCc1ccc(OC)cc1)OC. The Morgan fingerprint density at radius 1 is 1.09 bits per heavy atom. The largest absolute Gasteiger partial charge is 0.497 e. The van der Waals surface area contributed by atoms with Crippen LogP contribution < -0.4 is 4.74 Å². The number of benzene rings is 1. The van der Waals surface area contributed by atoms with Crippen molar-refractivity contribution < 1.29 is 28.2 Å². The van der Waals surface area contributed by atoms with Gasteiger partial charge in [0.25, 0.3) is 0 Å². The summed E-state index contributed by atoms with van der Waals surface area (Å²) in [5, 5.41) is 0.119. The molecule has 1 rings (SSSR count). The van der Waals surface area contributed by atoms with E-state index in [2.05, 4.69) is 33.9 Å². The Bertz CT molecular complexity index is 736. The van der Waals surface area contributed by atoms with Gasteiger partial charge in [0.05, 0.1) is 39.1 Å². The van der Waals surface area contributed by atoms with E-state index in [1.165, 1.54) is 0 Å². The molecule has 0 fully saturated rings. The number of hydrogen-bond donors (Lipinski definition) is 0. The first-order valence-corrected chi connectivity index (χ1v) is 14.6. The van der Waals surface area contributed by atoms with Crippen LogP contribution in [0, 0.1) is 0 Å². The summed E-state index contributed by atoms with van der Waals surface area (Å²) in [4.78, 5) is 11.9. The lowest BCUT2D eigenvalue weighted by Crippen LogP contribution is -2.43. The molecule has 0 bridgehead atoms. The second-order valence-electron chi connectivity index (χ2n) is 9.79. The molecule has 0 aliphatic rings. The molecule has 188 valence electrons. The molecule has 0 saturated carbocycles.